The van der Waals surface area contributed by atoms with Crippen LogP contribution >= 0.6 is 12.2 Å². The molecule has 144 valence electrons. The number of carbonyl (C=O) groups is 1. The Hall–Kier alpha value is -2.61. The Labute approximate surface area is 162 Å². The summed E-state index contributed by atoms with van der Waals surface area (Å²) in [5, 5.41) is 0. The Balaban J connectivity index is 1.97. The summed E-state index contributed by atoms with van der Waals surface area (Å²) in [7, 11) is 1.58. The highest BCUT2D eigenvalue weighted by Crippen LogP contribution is 2.19. The van der Waals surface area contributed by atoms with Gasteiger partial charge in [0.25, 0.3) is 5.56 Å². The van der Waals surface area contributed by atoms with Gasteiger partial charge in [0.1, 0.15) is 11.4 Å². The third kappa shape index (κ3) is 4.05. The Morgan fingerprint density at radius 1 is 1.22 bits per heavy atom. The second-order valence-corrected chi connectivity index (χ2v) is 7.76. The van der Waals surface area contributed by atoms with Gasteiger partial charge in [0.2, 0.25) is 0 Å². The Kier molecular flexibility index (Phi) is 5.10. The molecule has 2 aromatic rings. The maximum absolute atomic E-state index is 13.1. The minimum absolute atomic E-state index is 0.186. The number of hydrogen-bond acceptors (Lipinski definition) is 5. The zero-order chi connectivity index (χ0) is 19.8. The van der Waals surface area contributed by atoms with Gasteiger partial charge in [-0.1, -0.05) is 0 Å². The summed E-state index contributed by atoms with van der Waals surface area (Å²) >= 11 is 5.39. The van der Waals surface area contributed by atoms with Gasteiger partial charge in [-0.15, -0.1) is 0 Å². The average molecular weight is 389 g/mol. The molecule has 0 aliphatic carbocycles. The number of aromatic nitrogens is 2. The number of aromatic amines is 1. The number of nitrogens with zero attached hydrogens (tertiary/aromatic N) is 2. The fraction of sp³-hybridized carbons (Fsp3) is 0.421. The molecule has 1 aliphatic rings. The minimum atomic E-state index is -0.586. The highest BCUT2D eigenvalue weighted by molar-refractivity contribution is 7.71. The largest absolute Gasteiger partial charge is 0.497 e. The lowest BCUT2D eigenvalue weighted by atomic mass is 10.1. The lowest BCUT2D eigenvalue weighted by Gasteiger charge is -2.31. The summed E-state index contributed by atoms with van der Waals surface area (Å²) in [6.45, 7) is 6.11. The van der Waals surface area contributed by atoms with E-state index in [-0.39, 0.29) is 12.1 Å². The molecule has 1 aromatic carbocycles. The molecule has 1 aromatic heterocycles. The molecule has 0 fully saturated rings. The Morgan fingerprint density at radius 2 is 1.89 bits per heavy atom. The number of hydrogen-bond donors (Lipinski definition) is 1. The third-order valence-electron chi connectivity index (χ3n) is 4.25. The highest BCUT2D eigenvalue weighted by Gasteiger charge is 2.28. The van der Waals surface area contributed by atoms with Crippen LogP contribution in [0.5, 0.6) is 5.75 Å². The fourth-order valence-corrected chi connectivity index (χ4v) is 3.27. The summed E-state index contributed by atoms with van der Waals surface area (Å²) in [6.07, 6.45) is 0.0997. The van der Waals surface area contributed by atoms with Crippen molar-refractivity contribution in [1.82, 2.24) is 14.5 Å². The molecule has 0 saturated carbocycles. The fourth-order valence-electron chi connectivity index (χ4n) is 2.96. The van der Waals surface area contributed by atoms with E-state index < -0.39 is 11.7 Å². The number of amides is 1. The van der Waals surface area contributed by atoms with Crippen LogP contribution in [0.3, 0.4) is 0 Å². The second kappa shape index (κ2) is 7.19. The first-order valence-corrected chi connectivity index (χ1v) is 9.10. The number of methoxy groups -OCH3 is 1. The van der Waals surface area contributed by atoms with Gasteiger partial charge in [-0.05, 0) is 57.3 Å². The number of H-pyrrole nitrogens is 1. The number of nitrogens with one attached hydrogen (secondary N) is 1. The first-order valence-electron chi connectivity index (χ1n) is 8.69. The number of benzene rings is 1. The molecule has 2 heterocycles. The summed E-state index contributed by atoms with van der Waals surface area (Å²) in [6, 6.07) is 7.07. The van der Waals surface area contributed by atoms with E-state index in [2.05, 4.69) is 4.98 Å². The lowest BCUT2D eigenvalue weighted by Crippen LogP contribution is -2.43. The van der Waals surface area contributed by atoms with Gasteiger partial charge in [0, 0.05) is 18.7 Å². The van der Waals surface area contributed by atoms with Crippen molar-refractivity contribution in [1.29, 1.82) is 0 Å². The van der Waals surface area contributed by atoms with Crippen molar-refractivity contribution >= 4 is 18.3 Å². The summed E-state index contributed by atoms with van der Waals surface area (Å²) < 4.78 is 12.4. The summed E-state index contributed by atoms with van der Waals surface area (Å²) in [4.78, 5) is 30.2. The normalized spacial score (nSPS) is 13.9. The van der Waals surface area contributed by atoms with Gasteiger partial charge in [0.05, 0.1) is 24.9 Å². The molecule has 0 saturated heterocycles. The van der Waals surface area contributed by atoms with Gasteiger partial charge in [0.15, 0.2) is 4.77 Å². The van der Waals surface area contributed by atoms with Crippen molar-refractivity contribution in [3.05, 3.63) is 50.6 Å². The maximum Gasteiger partial charge on any atom is 0.410 e. The van der Waals surface area contributed by atoms with Crippen LogP contribution in [0.25, 0.3) is 5.69 Å². The molecule has 8 heteroatoms. The zero-order valence-corrected chi connectivity index (χ0v) is 16.7. The summed E-state index contributed by atoms with van der Waals surface area (Å²) in [5.41, 5.74) is 1.12. The molecule has 0 spiro atoms. The van der Waals surface area contributed by atoms with Crippen molar-refractivity contribution in [3.63, 3.8) is 0 Å². The maximum atomic E-state index is 13.1. The first-order chi connectivity index (χ1) is 12.7. The van der Waals surface area contributed by atoms with Crippen molar-refractivity contribution in [2.45, 2.75) is 39.3 Å². The molecule has 1 N–H and O–H groups in total. The van der Waals surface area contributed by atoms with Crippen LogP contribution in [0, 0.1) is 4.77 Å². The van der Waals surface area contributed by atoms with Crippen LogP contribution in [-0.2, 0) is 17.7 Å². The number of ether oxygens (including phenoxy) is 2. The second-order valence-electron chi connectivity index (χ2n) is 7.38. The molecule has 27 heavy (non-hydrogen) atoms. The molecule has 1 amide bonds. The van der Waals surface area contributed by atoms with Crippen molar-refractivity contribution in [3.8, 4) is 11.4 Å². The highest BCUT2D eigenvalue weighted by atomic mass is 32.1. The smallest absolute Gasteiger partial charge is 0.410 e. The van der Waals surface area contributed by atoms with Gasteiger partial charge in [-0.25, -0.2) is 4.79 Å². The quantitative estimate of drug-likeness (QED) is 0.798. The van der Waals surface area contributed by atoms with E-state index in [0.717, 1.165) is 5.69 Å². The SMILES string of the molecule is COc1ccc(-n2c(=S)[nH]c3c(c2=O)CN(C(=O)OC(C)(C)C)CC3)cc1. The molecule has 0 atom stereocenters. The predicted molar refractivity (Wildman–Crippen MR) is 104 cm³/mol. The van der Waals surface area contributed by atoms with Crippen LogP contribution < -0.4 is 10.3 Å². The Morgan fingerprint density at radius 3 is 2.48 bits per heavy atom. The third-order valence-corrected chi connectivity index (χ3v) is 4.53. The van der Waals surface area contributed by atoms with Crippen molar-refractivity contribution in [2.24, 2.45) is 0 Å². The van der Waals surface area contributed by atoms with Gasteiger partial charge in [-0.3, -0.25) is 9.36 Å². The Bertz CT molecular complexity index is 970. The van der Waals surface area contributed by atoms with E-state index in [1.807, 2.05) is 20.8 Å². The predicted octanol–water partition coefficient (Wildman–Crippen LogP) is 3.20. The van der Waals surface area contributed by atoms with Crippen LogP contribution in [0.4, 0.5) is 4.79 Å². The van der Waals surface area contributed by atoms with Gasteiger partial charge in [-0.2, -0.15) is 0 Å². The number of rotatable bonds is 2. The van der Waals surface area contributed by atoms with Crippen LogP contribution in [-0.4, -0.2) is 39.8 Å². The molecule has 0 bridgehead atoms. The number of carbonyl (C=O) groups excluding carboxylic acids is 1. The zero-order valence-electron chi connectivity index (χ0n) is 15.9. The minimum Gasteiger partial charge on any atom is -0.497 e. The standard InChI is InChI=1S/C19H23N3O4S/c1-19(2,3)26-18(24)21-10-9-15-14(11-21)16(23)22(17(27)20-15)12-5-7-13(25-4)8-6-12/h5-8H,9-11H2,1-4H3,(H,20,27). The molecular weight excluding hydrogens is 366 g/mol. The van der Waals surface area contributed by atoms with Crippen molar-refractivity contribution in [2.75, 3.05) is 13.7 Å². The van der Waals surface area contributed by atoms with E-state index >= 15 is 0 Å². The van der Waals surface area contributed by atoms with E-state index in [1.165, 1.54) is 4.57 Å². The van der Waals surface area contributed by atoms with E-state index in [4.69, 9.17) is 21.7 Å². The molecular formula is C19H23N3O4S. The monoisotopic (exact) mass is 389 g/mol. The molecule has 0 radical (unpaired) electrons. The molecule has 1 aliphatic heterocycles. The van der Waals surface area contributed by atoms with Gasteiger partial charge >= 0.3 is 6.09 Å². The van der Waals surface area contributed by atoms with Crippen molar-refractivity contribution < 1.29 is 14.3 Å². The first kappa shape index (κ1) is 19.2. The molecule has 0 unspecified atom stereocenters. The van der Waals surface area contributed by atoms with Crippen LogP contribution in [0.2, 0.25) is 0 Å². The molecule has 7 nitrogen and oxygen atoms in total. The number of fused-ring (bicyclic) bond motifs is 1. The van der Waals surface area contributed by atoms with Gasteiger partial charge < -0.3 is 19.4 Å². The topological polar surface area (TPSA) is 76.6 Å². The average Bonchev–Trinajstić information content (AvgIpc) is 2.60. The molecule has 3 rings (SSSR count). The van der Waals surface area contributed by atoms with E-state index in [9.17, 15) is 9.59 Å². The van der Waals surface area contributed by atoms with E-state index in [0.29, 0.717) is 34.7 Å². The van der Waals surface area contributed by atoms with Crippen LogP contribution in [0.1, 0.15) is 32.0 Å². The van der Waals surface area contributed by atoms with Crippen LogP contribution in [0.15, 0.2) is 29.1 Å². The van der Waals surface area contributed by atoms with E-state index in [1.54, 1.807) is 36.3 Å². The lowest BCUT2D eigenvalue weighted by molar-refractivity contribution is 0.0221. The summed E-state index contributed by atoms with van der Waals surface area (Å²) in [5.74, 6) is 0.691.